The number of H-pyrrole nitrogens is 1. The molecule has 2 aromatic rings. The van der Waals surface area contributed by atoms with Crippen molar-refractivity contribution >= 4 is 11.5 Å². The van der Waals surface area contributed by atoms with Gasteiger partial charge >= 0.3 is 5.97 Å². The van der Waals surface area contributed by atoms with Gasteiger partial charge in [0.15, 0.2) is 5.82 Å². The minimum atomic E-state index is -0.813. The van der Waals surface area contributed by atoms with Crippen LogP contribution in [-0.2, 0) is 11.2 Å². The molecule has 7 heteroatoms. The summed E-state index contributed by atoms with van der Waals surface area (Å²) in [6.07, 6.45) is 6.95. The fraction of sp³-hybridized carbons (Fsp3) is 0.500. The van der Waals surface area contributed by atoms with E-state index in [2.05, 4.69) is 38.8 Å². The Bertz CT molecular complexity index is 787. The molecule has 1 aliphatic carbocycles. The molecule has 3 rings (SSSR count). The van der Waals surface area contributed by atoms with Gasteiger partial charge in [-0.1, -0.05) is 48.9 Å². The van der Waals surface area contributed by atoms with Crippen molar-refractivity contribution in [2.45, 2.75) is 57.4 Å². The van der Waals surface area contributed by atoms with Crippen molar-refractivity contribution in [1.82, 2.24) is 20.6 Å². The van der Waals surface area contributed by atoms with Crippen molar-refractivity contribution in [2.24, 2.45) is 11.7 Å². The van der Waals surface area contributed by atoms with E-state index in [0.29, 0.717) is 18.7 Å². The first-order chi connectivity index (χ1) is 13.1. The molecule has 1 aromatic carbocycles. The SMILES string of the molecule is CCCC(C(=O)O)C(Cc1ccccc1C1=CCC(N)CC1)c1nn[nH]n1. The topological polar surface area (TPSA) is 118 Å². The summed E-state index contributed by atoms with van der Waals surface area (Å²) >= 11 is 0. The highest BCUT2D eigenvalue weighted by molar-refractivity contribution is 5.72. The maximum atomic E-state index is 11.9. The van der Waals surface area contributed by atoms with E-state index in [9.17, 15) is 9.90 Å². The molecule has 0 amide bonds. The van der Waals surface area contributed by atoms with E-state index in [0.717, 1.165) is 31.2 Å². The van der Waals surface area contributed by atoms with Crippen LogP contribution in [0.4, 0.5) is 0 Å². The molecule has 1 aliphatic rings. The van der Waals surface area contributed by atoms with Crippen LogP contribution in [0, 0.1) is 5.92 Å². The minimum absolute atomic E-state index is 0.230. The first kappa shape index (κ1) is 19.2. The summed E-state index contributed by atoms with van der Waals surface area (Å²) in [5.41, 5.74) is 9.62. The average molecular weight is 369 g/mol. The van der Waals surface area contributed by atoms with Gasteiger partial charge < -0.3 is 10.8 Å². The number of nitrogens with one attached hydrogen (secondary N) is 1. The van der Waals surface area contributed by atoms with E-state index in [1.54, 1.807) is 0 Å². The fourth-order valence-electron chi connectivity index (χ4n) is 3.90. The third kappa shape index (κ3) is 4.60. The average Bonchev–Trinajstić information content (AvgIpc) is 3.20. The van der Waals surface area contributed by atoms with E-state index in [-0.39, 0.29) is 12.0 Å². The number of nitrogens with zero attached hydrogens (tertiary/aromatic N) is 3. The molecule has 3 unspecified atom stereocenters. The second-order valence-electron chi connectivity index (χ2n) is 7.23. The van der Waals surface area contributed by atoms with Gasteiger partial charge in [-0.25, -0.2) is 0 Å². The highest BCUT2D eigenvalue weighted by Crippen LogP contribution is 2.34. The number of carboxylic acids is 1. The summed E-state index contributed by atoms with van der Waals surface area (Å²) in [4.78, 5) is 11.9. The van der Waals surface area contributed by atoms with E-state index < -0.39 is 11.9 Å². The van der Waals surface area contributed by atoms with Crippen molar-refractivity contribution in [3.63, 3.8) is 0 Å². The lowest BCUT2D eigenvalue weighted by Gasteiger charge is -2.24. The molecule has 1 heterocycles. The maximum absolute atomic E-state index is 11.9. The molecule has 0 radical (unpaired) electrons. The van der Waals surface area contributed by atoms with E-state index in [4.69, 9.17) is 5.73 Å². The van der Waals surface area contributed by atoms with Gasteiger partial charge in [0.1, 0.15) is 0 Å². The molecule has 7 nitrogen and oxygen atoms in total. The van der Waals surface area contributed by atoms with Gasteiger partial charge in [0.2, 0.25) is 0 Å². The normalized spacial score (nSPS) is 19.3. The van der Waals surface area contributed by atoms with Crippen LogP contribution in [0.5, 0.6) is 0 Å². The summed E-state index contributed by atoms with van der Waals surface area (Å²) < 4.78 is 0. The maximum Gasteiger partial charge on any atom is 0.307 e. The number of hydrogen-bond donors (Lipinski definition) is 3. The third-order valence-corrected chi connectivity index (χ3v) is 5.35. The molecule has 27 heavy (non-hydrogen) atoms. The van der Waals surface area contributed by atoms with Crippen LogP contribution in [0.1, 0.15) is 61.9 Å². The van der Waals surface area contributed by atoms with Crippen molar-refractivity contribution in [3.8, 4) is 0 Å². The predicted molar refractivity (Wildman–Crippen MR) is 103 cm³/mol. The molecule has 1 aromatic heterocycles. The van der Waals surface area contributed by atoms with Gasteiger partial charge in [0.25, 0.3) is 0 Å². The lowest BCUT2D eigenvalue weighted by Crippen LogP contribution is -2.25. The third-order valence-electron chi connectivity index (χ3n) is 5.35. The number of nitrogens with two attached hydrogens (primary N) is 1. The molecule has 3 atom stereocenters. The number of tetrazole rings is 1. The largest absolute Gasteiger partial charge is 0.481 e. The lowest BCUT2D eigenvalue weighted by atomic mass is 9.80. The molecule has 0 spiro atoms. The summed E-state index contributed by atoms with van der Waals surface area (Å²) in [7, 11) is 0. The number of aromatic nitrogens is 4. The van der Waals surface area contributed by atoms with Crippen LogP contribution in [-0.4, -0.2) is 37.7 Å². The number of aromatic amines is 1. The number of hydrogen-bond acceptors (Lipinski definition) is 5. The second-order valence-corrected chi connectivity index (χ2v) is 7.23. The molecular weight excluding hydrogens is 342 g/mol. The van der Waals surface area contributed by atoms with Crippen molar-refractivity contribution in [1.29, 1.82) is 0 Å². The molecule has 144 valence electrons. The Morgan fingerprint density at radius 3 is 2.85 bits per heavy atom. The molecule has 0 saturated carbocycles. The van der Waals surface area contributed by atoms with Gasteiger partial charge in [0, 0.05) is 12.0 Å². The van der Waals surface area contributed by atoms with E-state index in [1.807, 2.05) is 19.1 Å². The first-order valence-electron chi connectivity index (χ1n) is 9.59. The van der Waals surface area contributed by atoms with E-state index >= 15 is 0 Å². The van der Waals surface area contributed by atoms with Crippen LogP contribution in [0.25, 0.3) is 5.57 Å². The number of rotatable bonds is 8. The molecule has 4 N–H and O–H groups in total. The zero-order valence-corrected chi connectivity index (χ0v) is 15.6. The fourth-order valence-corrected chi connectivity index (χ4v) is 3.90. The van der Waals surface area contributed by atoms with Crippen LogP contribution in [0.15, 0.2) is 30.3 Å². The first-order valence-corrected chi connectivity index (χ1v) is 9.59. The summed E-state index contributed by atoms with van der Waals surface area (Å²) in [6.45, 7) is 1.99. The van der Waals surface area contributed by atoms with Gasteiger partial charge in [0.05, 0.1) is 5.92 Å². The highest BCUT2D eigenvalue weighted by Gasteiger charge is 2.32. The lowest BCUT2D eigenvalue weighted by molar-refractivity contribution is -0.142. The molecular formula is C20H27N5O2. The van der Waals surface area contributed by atoms with Gasteiger partial charge in [-0.3, -0.25) is 4.79 Å². The van der Waals surface area contributed by atoms with Crippen LogP contribution < -0.4 is 5.73 Å². The Labute approximate surface area is 159 Å². The smallest absolute Gasteiger partial charge is 0.307 e. The Morgan fingerprint density at radius 1 is 1.41 bits per heavy atom. The van der Waals surface area contributed by atoms with Crippen molar-refractivity contribution in [3.05, 3.63) is 47.3 Å². The summed E-state index contributed by atoms with van der Waals surface area (Å²) in [6, 6.07) is 8.44. The standard InChI is InChI=1S/C20H27N5O2/c1-2-5-17(20(26)27)18(19-22-24-25-23-19)12-14-6-3-4-7-16(14)13-8-10-15(21)11-9-13/h3-4,6-8,15,17-18H,2,5,9-12,21H2,1H3,(H,26,27)(H,22,23,24,25). The number of benzene rings is 1. The van der Waals surface area contributed by atoms with E-state index in [1.165, 1.54) is 11.1 Å². The van der Waals surface area contributed by atoms with Crippen LogP contribution in [0.3, 0.4) is 0 Å². The Hall–Kier alpha value is -2.54. The second kappa shape index (κ2) is 8.90. The minimum Gasteiger partial charge on any atom is -0.481 e. The Balaban J connectivity index is 1.94. The summed E-state index contributed by atoms with van der Waals surface area (Å²) in [5, 5.41) is 24.1. The zero-order chi connectivity index (χ0) is 19.2. The Morgan fingerprint density at radius 2 is 2.22 bits per heavy atom. The van der Waals surface area contributed by atoms with Crippen LogP contribution in [0.2, 0.25) is 0 Å². The monoisotopic (exact) mass is 369 g/mol. The van der Waals surface area contributed by atoms with Gasteiger partial charge in [-0.05, 0) is 48.8 Å². The summed E-state index contributed by atoms with van der Waals surface area (Å²) in [5.74, 6) is -1.22. The number of carboxylic acid groups (broad SMARTS) is 1. The predicted octanol–water partition coefficient (Wildman–Crippen LogP) is 2.92. The molecule has 0 fully saturated rings. The number of carbonyl (C=O) groups is 1. The highest BCUT2D eigenvalue weighted by atomic mass is 16.4. The number of allylic oxidation sites excluding steroid dienone is 1. The Kier molecular flexibility index (Phi) is 6.34. The van der Waals surface area contributed by atoms with Gasteiger partial charge in [-0.15, -0.1) is 10.2 Å². The zero-order valence-electron chi connectivity index (χ0n) is 15.6. The van der Waals surface area contributed by atoms with Crippen molar-refractivity contribution < 1.29 is 9.90 Å². The van der Waals surface area contributed by atoms with Crippen molar-refractivity contribution in [2.75, 3.05) is 0 Å². The van der Waals surface area contributed by atoms with Crippen LogP contribution >= 0.6 is 0 Å². The van der Waals surface area contributed by atoms with Gasteiger partial charge in [-0.2, -0.15) is 5.21 Å². The molecule has 0 bridgehead atoms. The quantitative estimate of drug-likeness (QED) is 0.658. The number of aliphatic carboxylic acids is 1. The molecule has 0 aliphatic heterocycles. The molecule has 0 saturated heterocycles.